The zero-order valence-electron chi connectivity index (χ0n) is 16.8. The van der Waals surface area contributed by atoms with Crippen molar-refractivity contribution in [1.82, 2.24) is 9.78 Å². The molecule has 1 aromatic rings. The van der Waals surface area contributed by atoms with E-state index in [1.807, 2.05) is 13.8 Å². The van der Waals surface area contributed by atoms with Crippen LogP contribution in [0.5, 0.6) is 0 Å². The van der Waals surface area contributed by atoms with Gasteiger partial charge in [-0.3, -0.25) is 0 Å². The van der Waals surface area contributed by atoms with Crippen molar-refractivity contribution in [2.45, 2.75) is 91.9 Å². The van der Waals surface area contributed by atoms with E-state index >= 15 is 0 Å². The maximum atomic E-state index is 9.49. The molecule has 0 unspecified atom stereocenters. The van der Waals surface area contributed by atoms with Crippen LogP contribution in [0.4, 0.5) is 0 Å². The van der Waals surface area contributed by atoms with Gasteiger partial charge in [0.05, 0.1) is 0 Å². The van der Waals surface area contributed by atoms with Crippen molar-refractivity contribution in [3.8, 4) is 6.07 Å². The first-order chi connectivity index (χ1) is 11.4. The van der Waals surface area contributed by atoms with Crippen LogP contribution >= 0.6 is 0 Å². The third-order valence-corrected chi connectivity index (χ3v) is 21.0. The first kappa shape index (κ1) is 21.5. The molecule has 0 aliphatic heterocycles. The molecule has 136 valence electrons. The summed E-state index contributed by atoms with van der Waals surface area (Å²) in [6, 6.07) is 4.75. The van der Waals surface area contributed by atoms with Crippen LogP contribution in [-0.2, 0) is 12.5 Å². The Morgan fingerprint density at radius 3 is 1.88 bits per heavy atom. The van der Waals surface area contributed by atoms with Crippen LogP contribution in [0.1, 0.15) is 78.8 Å². The average Bonchev–Trinajstić information content (AvgIpc) is 2.98. The molecule has 0 N–H and O–H groups in total. The Morgan fingerprint density at radius 1 is 1.04 bits per heavy atom. The van der Waals surface area contributed by atoms with Crippen LogP contribution in [-0.4, -0.2) is 28.2 Å². The zero-order valence-corrected chi connectivity index (χ0v) is 19.6. The molecule has 0 spiro atoms. The van der Waals surface area contributed by atoms with E-state index in [4.69, 9.17) is 5.10 Å². The summed E-state index contributed by atoms with van der Waals surface area (Å²) in [6.07, 6.45) is 7.91. The SMILES string of the molecule is CCC[CH2][Sn]([CH2]CCC)([CH2]CCC)[c]1cc(C(C)(C)C#N)nn1C. The van der Waals surface area contributed by atoms with Gasteiger partial charge in [-0.1, -0.05) is 0 Å². The first-order valence-electron chi connectivity index (χ1n) is 9.83. The molecule has 0 saturated heterocycles. The van der Waals surface area contributed by atoms with E-state index in [0.717, 1.165) is 5.69 Å². The fraction of sp³-hybridized carbons (Fsp3) is 0.800. The first-order valence-corrected chi connectivity index (χ1v) is 17.3. The Bertz CT molecular complexity index is 518. The second-order valence-electron chi connectivity index (χ2n) is 7.87. The number of unbranched alkanes of at least 4 members (excludes halogenated alkanes) is 3. The topological polar surface area (TPSA) is 41.6 Å². The minimum absolute atomic E-state index is 0.492. The van der Waals surface area contributed by atoms with E-state index in [1.165, 1.54) is 51.8 Å². The summed E-state index contributed by atoms with van der Waals surface area (Å²) in [7, 11) is 2.11. The van der Waals surface area contributed by atoms with E-state index in [-0.39, 0.29) is 0 Å². The molecule has 0 aliphatic carbocycles. The molecule has 4 heteroatoms. The molecular weight excluding hydrogens is 401 g/mol. The van der Waals surface area contributed by atoms with E-state index < -0.39 is 23.8 Å². The van der Waals surface area contributed by atoms with Crippen molar-refractivity contribution < 1.29 is 0 Å². The van der Waals surface area contributed by atoms with Crippen molar-refractivity contribution in [2.75, 3.05) is 0 Å². The molecule has 1 aromatic heterocycles. The number of nitrogens with zero attached hydrogens (tertiary/aromatic N) is 3. The Labute approximate surface area is 153 Å². The van der Waals surface area contributed by atoms with Gasteiger partial charge in [0.2, 0.25) is 0 Å². The van der Waals surface area contributed by atoms with Crippen molar-refractivity contribution in [3.05, 3.63) is 11.8 Å². The van der Waals surface area contributed by atoms with Crippen LogP contribution in [0, 0.1) is 11.3 Å². The Morgan fingerprint density at radius 2 is 1.50 bits per heavy atom. The quantitative estimate of drug-likeness (QED) is 0.442. The molecule has 0 amide bonds. The summed E-state index contributed by atoms with van der Waals surface area (Å²) in [5, 5.41) is 14.3. The molecule has 0 aromatic carbocycles. The van der Waals surface area contributed by atoms with Crippen LogP contribution < -0.4 is 3.71 Å². The second kappa shape index (κ2) is 9.85. The molecule has 1 rings (SSSR count). The number of aryl methyl sites for hydroxylation is 1. The molecule has 0 fully saturated rings. The van der Waals surface area contributed by atoms with E-state index in [1.54, 1.807) is 3.71 Å². The Hall–Kier alpha value is -0.501. The number of rotatable bonds is 11. The average molecular weight is 438 g/mol. The zero-order chi connectivity index (χ0) is 18.2. The summed E-state index contributed by atoms with van der Waals surface area (Å²) >= 11 is -2.47. The van der Waals surface area contributed by atoms with Crippen LogP contribution in [0.25, 0.3) is 0 Å². The Kier molecular flexibility index (Phi) is 8.84. The van der Waals surface area contributed by atoms with Gasteiger partial charge in [-0.25, -0.2) is 0 Å². The molecular formula is C20H37N3Sn. The summed E-state index contributed by atoms with van der Waals surface area (Å²) in [5.74, 6) is 0. The van der Waals surface area contributed by atoms with Gasteiger partial charge < -0.3 is 0 Å². The van der Waals surface area contributed by atoms with Crippen molar-refractivity contribution in [2.24, 2.45) is 7.05 Å². The monoisotopic (exact) mass is 439 g/mol. The molecule has 0 aliphatic rings. The summed E-state index contributed by atoms with van der Waals surface area (Å²) in [5.41, 5.74) is 0.474. The number of aromatic nitrogens is 2. The van der Waals surface area contributed by atoms with Crippen molar-refractivity contribution >= 4 is 22.1 Å². The van der Waals surface area contributed by atoms with Gasteiger partial charge >= 0.3 is 154 Å². The van der Waals surface area contributed by atoms with Gasteiger partial charge in [0.25, 0.3) is 0 Å². The second-order valence-corrected chi connectivity index (χ2v) is 20.9. The van der Waals surface area contributed by atoms with Crippen molar-refractivity contribution in [1.29, 1.82) is 5.26 Å². The maximum absolute atomic E-state index is 9.49. The molecule has 0 saturated carbocycles. The standard InChI is InChI=1S/C8H10N3.3C4H9.Sn/c1-8(2,6-9)7-4-5-11(3)10-7;3*1-3-4-2;/h4H,1-3H3;3*1,3-4H2,2H3;. The predicted octanol–water partition coefficient (Wildman–Crippen LogP) is 5.28. The molecule has 0 bridgehead atoms. The third-order valence-electron chi connectivity index (χ3n) is 5.37. The van der Waals surface area contributed by atoms with E-state index in [0.29, 0.717) is 0 Å². The third kappa shape index (κ3) is 5.25. The number of hydrogen-bond acceptors (Lipinski definition) is 2. The van der Waals surface area contributed by atoms with Gasteiger partial charge in [-0.15, -0.1) is 0 Å². The van der Waals surface area contributed by atoms with Crippen molar-refractivity contribution in [3.63, 3.8) is 0 Å². The predicted molar refractivity (Wildman–Crippen MR) is 106 cm³/mol. The summed E-state index contributed by atoms with van der Waals surface area (Å²) in [4.78, 5) is 0. The molecule has 1 heterocycles. The van der Waals surface area contributed by atoms with Gasteiger partial charge in [0.15, 0.2) is 0 Å². The minimum atomic E-state index is -2.47. The molecule has 3 nitrogen and oxygen atoms in total. The number of hydrogen-bond donors (Lipinski definition) is 0. The van der Waals surface area contributed by atoms with Gasteiger partial charge in [-0.05, 0) is 0 Å². The fourth-order valence-corrected chi connectivity index (χ4v) is 20.2. The summed E-state index contributed by atoms with van der Waals surface area (Å²) < 4.78 is 8.04. The van der Waals surface area contributed by atoms with Gasteiger partial charge in [0.1, 0.15) is 0 Å². The van der Waals surface area contributed by atoms with Gasteiger partial charge in [0, 0.05) is 0 Å². The molecule has 24 heavy (non-hydrogen) atoms. The summed E-state index contributed by atoms with van der Waals surface area (Å²) in [6.45, 7) is 10.9. The van der Waals surface area contributed by atoms with Crippen LogP contribution in [0.15, 0.2) is 6.07 Å². The normalized spacial score (nSPS) is 12.4. The van der Waals surface area contributed by atoms with Gasteiger partial charge in [-0.2, -0.15) is 0 Å². The van der Waals surface area contributed by atoms with E-state index in [2.05, 4.69) is 44.6 Å². The van der Waals surface area contributed by atoms with Crippen LogP contribution in [0.3, 0.4) is 0 Å². The van der Waals surface area contributed by atoms with Crippen LogP contribution in [0.2, 0.25) is 13.3 Å². The van der Waals surface area contributed by atoms with E-state index in [9.17, 15) is 5.26 Å². The molecule has 0 radical (unpaired) electrons. The molecule has 0 atom stereocenters. The Balaban J connectivity index is 3.32. The fourth-order valence-electron chi connectivity index (χ4n) is 3.63. The number of nitriles is 1.